The monoisotopic (exact) mass is 485 g/mol. The van der Waals surface area contributed by atoms with Crippen LogP contribution in [-0.4, -0.2) is 107 Å². The second-order valence-corrected chi connectivity index (χ2v) is 9.42. The first-order valence-electron chi connectivity index (χ1n) is 11.0. The zero-order valence-electron chi connectivity index (χ0n) is 19.1. The van der Waals surface area contributed by atoms with Gasteiger partial charge in [-0.3, -0.25) is 19.4 Å². The van der Waals surface area contributed by atoms with Crippen LogP contribution >= 0.6 is 11.3 Å². The summed E-state index contributed by atoms with van der Waals surface area (Å²) in [6.07, 6.45) is 2.84. The van der Waals surface area contributed by atoms with E-state index >= 15 is 0 Å². The number of imide groups is 1. The van der Waals surface area contributed by atoms with Gasteiger partial charge in [-0.25, -0.2) is 14.4 Å². The highest BCUT2D eigenvalue weighted by Gasteiger charge is 2.51. The van der Waals surface area contributed by atoms with Gasteiger partial charge in [0.15, 0.2) is 6.54 Å². The summed E-state index contributed by atoms with van der Waals surface area (Å²) in [5.41, 5.74) is 0.868. The number of amides is 4. The molecule has 4 amide bonds. The average Bonchev–Trinajstić information content (AvgIpc) is 3.44. The Labute approximate surface area is 199 Å². The summed E-state index contributed by atoms with van der Waals surface area (Å²) in [6, 6.07) is 4.53. The SMILES string of the molecule is COc1ccc2nc(OC3CCN(C(=O)C[N+]4=CN=C5C4C(=O)N(C)C(=O)N5C)CC3)sc2c1. The molecule has 1 unspecified atom stereocenters. The van der Waals surface area contributed by atoms with Gasteiger partial charge in [-0.2, -0.15) is 0 Å². The van der Waals surface area contributed by atoms with Crippen molar-refractivity contribution in [1.29, 1.82) is 0 Å². The lowest BCUT2D eigenvalue weighted by Crippen LogP contribution is -2.62. The Morgan fingerprint density at radius 2 is 1.97 bits per heavy atom. The van der Waals surface area contributed by atoms with E-state index in [2.05, 4.69) is 9.98 Å². The van der Waals surface area contributed by atoms with Crippen molar-refractivity contribution in [2.75, 3.05) is 40.8 Å². The van der Waals surface area contributed by atoms with Crippen molar-refractivity contribution in [3.05, 3.63) is 18.2 Å². The van der Waals surface area contributed by atoms with Gasteiger partial charge >= 0.3 is 6.03 Å². The molecule has 3 aliphatic heterocycles. The van der Waals surface area contributed by atoms with Gasteiger partial charge in [-0.05, 0) is 23.2 Å². The number of likely N-dealkylation sites (N-methyl/N-ethyl adjacent to an activating group) is 2. The Bertz CT molecular complexity index is 1230. The summed E-state index contributed by atoms with van der Waals surface area (Å²) in [5, 5.41) is 0.614. The lowest BCUT2D eigenvalue weighted by Gasteiger charge is -2.33. The largest absolute Gasteiger partial charge is 0.497 e. The third kappa shape index (κ3) is 3.87. The molecule has 0 aliphatic carbocycles. The molecule has 0 bridgehead atoms. The third-order valence-electron chi connectivity index (χ3n) is 6.35. The van der Waals surface area contributed by atoms with Crippen molar-refractivity contribution in [2.45, 2.75) is 25.0 Å². The minimum absolute atomic E-state index is 0.0184. The molecule has 11 nitrogen and oxygen atoms in total. The van der Waals surface area contributed by atoms with Crippen molar-refractivity contribution in [3.63, 3.8) is 0 Å². The van der Waals surface area contributed by atoms with E-state index in [9.17, 15) is 14.4 Å². The molecular formula is C22H25N6O5S+. The zero-order chi connectivity index (χ0) is 24.0. The number of aliphatic imine (C=N–C) groups is 1. The molecule has 12 heteroatoms. The molecule has 0 spiro atoms. The lowest BCUT2D eigenvalue weighted by molar-refractivity contribution is -0.520. The van der Waals surface area contributed by atoms with Crippen LogP contribution in [0.3, 0.4) is 0 Å². The number of likely N-dealkylation sites (tertiary alicyclic amines) is 1. The first kappa shape index (κ1) is 22.3. The van der Waals surface area contributed by atoms with Gasteiger partial charge in [0.25, 0.3) is 35.2 Å². The minimum Gasteiger partial charge on any atom is -0.497 e. The maximum atomic E-state index is 13.0. The van der Waals surface area contributed by atoms with E-state index in [0.717, 1.165) is 20.9 Å². The lowest BCUT2D eigenvalue weighted by atomic mass is 10.1. The molecule has 5 rings (SSSR count). The molecule has 0 saturated carbocycles. The van der Waals surface area contributed by atoms with Crippen molar-refractivity contribution < 1.29 is 28.4 Å². The standard InChI is InChI=1S/C22H25N6O5S/c1-25-19-18(20(30)26(2)22(25)31)28(12-23-19)11-17(29)27-8-6-13(7-9-27)33-21-24-15-5-4-14(32-3)10-16(15)34-21/h4-5,10,12-13,18H,6-9,11H2,1-3H3/q+1. The number of aromatic nitrogens is 1. The van der Waals surface area contributed by atoms with E-state index in [1.165, 1.54) is 29.6 Å². The minimum atomic E-state index is -0.754. The zero-order valence-corrected chi connectivity index (χ0v) is 19.9. The topological polar surface area (TPSA) is 108 Å². The highest BCUT2D eigenvalue weighted by atomic mass is 32.1. The number of hydrogen-bond acceptors (Lipinski definition) is 8. The van der Waals surface area contributed by atoms with Gasteiger partial charge in [-0.1, -0.05) is 11.3 Å². The normalized spacial score (nSPS) is 21.0. The van der Waals surface area contributed by atoms with Crippen molar-refractivity contribution in [3.8, 4) is 10.9 Å². The summed E-state index contributed by atoms with van der Waals surface area (Å²) < 4.78 is 14.0. The highest BCUT2D eigenvalue weighted by molar-refractivity contribution is 7.20. The number of hydrogen-bond donors (Lipinski definition) is 0. The van der Waals surface area contributed by atoms with Gasteiger partial charge in [0.05, 0.1) is 17.3 Å². The Morgan fingerprint density at radius 3 is 2.71 bits per heavy atom. The Hall–Kier alpha value is -3.54. The quantitative estimate of drug-likeness (QED) is 0.586. The number of carbonyl (C=O) groups is 3. The Morgan fingerprint density at radius 1 is 1.21 bits per heavy atom. The summed E-state index contributed by atoms with van der Waals surface area (Å²) in [4.78, 5) is 50.6. The Balaban J connectivity index is 1.16. The average molecular weight is 486 g/mol. The molecule has 2 aromatic rings. The summed E-state index contributed by atoms with van der Waals surface area (Å²) in [6.45, 7) is 1.13. The fraction of sp³-hybridized carbons (Fsp3) is 0.455. The molecule has 3 aliphatic rings. The second-order valence-electron chi connectivity index (χ2n) is 8.43. The van der Waals surface area contributed by atoms with E-state index in [-0.39, 0.29) is 24.5 Å². The molecule has 178 valence electrons. The van der Waals surface area contributed by atoms with Gasteiger partial charge in [0.1, 0.15) is 11.9 Å². The number of thiazole rings is 1. The van der Waals surface area contributed by atoms with E-state index < -0.39 is 12.1 Å². The van der Waals surface area contributed by atoms with Gasteiger partial charge < -0.3 is 14.4 Å². The van der Waals surface area contributed by atoms with Crippen molar-refractivity contribution >= 4 is 51.6 Å². The fourth-order valence-electron chi connectivity index (χ4n) is 4.36. The number of ether oxygens (including phenoxy) is 2. The van der Waals surface area contributed by atoms with E-state index in [4.69, 9.17) is 9.47 Å². The van der Waals surface area contributed by atoms with Crippen LogP contribution in [-0.2, 0) is 9.59 Å². The van der Waals surface area contributed by atoms with E-state index in [1.807, 2.05) is 18.2 Å². The molecular weight excluding hydrogens is 460 g/mol. The van der Waals surface area contributed by atoms with Crippen molar-refractivity contribution in [2.24, 2.45) is 4.99 Å². The summed E-state index contributed by atoms with van der Waals surface area (Å²) >= 11 is 1.48. The Kier molecular flexibility index (Phi) is 5.68. The summed E-state index contributed by atoms with van der Waals surface area (Å²) in [5.74, 6) is 0.653. The maximum Gasteiger partial charge on any atom is 0.333 e. The van der Waals surface area contributed by atoms with Crippen LogP contribution in [0.5, 0.6) is 10.9 Å². The molecule has 0 radical (unpaired) electrons. The molecule has 4 heterocycles. The van der Waals surface area contributed by atoms with Crippen LogP contribution in [0.1, 0.15) is 12.8 Å². The number of fused-ring (bicyclic) bond motifs is 2. The number of methoxy groups -OCH3 is 1. The fourth-order valence-corrected chi connectivity index (χ4v) is 5.27. The summed E-state index contributed by atoms with van der Waals surface area (Å²) in [7, 11) is 4.64. The first-order valence-corrected chi connectivity index (χ1v) is 11.8. The van der Waals surface area contributed by atoms with E-state index in [0.29, 0.717) is 37.0 Å². The molecule has 1 aromatic heterocycles. The molecule has 0 N–H and O–H groups in total. The second kappa shape index (κ2) is 8.67. The van der Waals surface area contributed by atoms with Crippen LogP contribution in [0.2, 0.25) is 0 Å². The van der Waals surface area contributed by atoms with Crippen molar-refractivity contribution in [1.82, 2.24) is 19.7 Å². The molecule has 1 atom stereocenters. The number of nitrogens with zero attached hydrogens (tertiary/aromatic N) is 6. The molecule has 2 fully saturated rings. The van der Waals surface area contributed by atoms with Crippen LogP contribution < -0.4 is 9.47 Å². The highest BCUT2D eigenvalue weighted by Crippen LogP contribution is 2.32. The smallest absolute Gasteiger partial charge is 0.333 e. The molecule has 1 aromatic carbocycles. The molecule has 2 saturated heterocycles. The first-order chi connectivity index (χ1) is 16.4. The van der Waals surface area contributed by atoms with Crippen LogP contribution in [0.25, 0.3) is 10.2 Å². The predicted molar refractivity (Wildman–Crippen MR) is 125 cm³/mol. The van der Waals surface area contributed by atoms with Gasteiger partial charge in [-0.15, -0.1) is 0 Å². The number of urea groups is 1. The number of amidine groups is 1. The van der Waals surface area contributed by atoms with E-state index in [1.54, 1.807) is 23.6 Å². The number of rotatable bonds is 5. The van der Waals surface area contributed by atoms with Gasteiger partial charge in [0.2, 0.25) is 0 Å². The van der Waals surface area contributed by atoms with Gasteiger partial charge in [0, 0.05) is 40.0 Å². The van der Waals surface area contributed by atoms with Crippen LogP contribution in [0.4, 0.5) is 4.79 Å². The van der Waals surface area contributed by atoms with Crippen LogP contribution in [0, 0.1) is 0 Å². The maximum absolute atomic E-state index is 13.0. The number of piperidine rings is 1. The number of carbonyl (C=O) groups excluding carboxylic acids is 3. The molecule has 34 heavy (non-hydrogen) atoms. The number of benzene rings is 1. The predicted octanol–water partition coefficient (Wildman–Crippen LogP) is 1.02. The van der Waals surface area contributed by atoms with Crippen LogP contribution in [0.15, 0.2) is 23.2 Å². The third-order valence-corrected chi connectivity index (χ3v) is 7.26.